The number of hydrogen-bond acceptors (Lipinski definition) is 4. The van der Waals surface area contributed by atoms with Crippen LogP contribution in [0.5, 0.6) is 5.88 Å². The summed E-state index contributed by atoms with van der Waals surface area (Å²) >= 11 is 0. The molecule has 1 aromatic rings. The second-order valence-corrected chi connectivity index (χ2v) is 5.40. The average Bonchev–Trinajstić information content (AvgIpc) is 2.53. The molecule has 0 bridgehead atoms. The van der Waals surface area contributed by atoms with E-state index in [9.17, 15) is 4.79 Å². The van der Waals surface area contributed by atoms with Gasteiger partial charge >= 0.3 is 0 Å². The Labute approximate surface area is 126 Å². The molecule has 1 N–H and O–H groups in total. The Kier molecular flexibility index (Phi) is 5.99. The minimum Gasteiger partial charge on any atom is -0.477 e. The molecule has 1 atom stereocenters. The average molecular weight is 291 g/mol. The van der Waals surface area contributed by atoms with E-state index < -0.39 is 0 Å². The first kappa shape index (κ1) is 15.8. The van der Waals surface area contributed by atoms with Crippen molar-refractivity contribution in [3.05, 3.63) is 23.9 Å². The van der Waals surface area contributed by atoms with Gasteiger partial charge in [-0.05, 0) is 50.9 Å². The fourth-order valence-electron chi connectivity index (χ4n) is 2.75. The summed E-state index contributed by atoms with van der Waals surface area (Å²) in [6, 6.07) is 3.52. The van der Waals surface area contributed by atoms with Gasteiger partial charge in [0.1, 0.15) is 5.56 Å². The van der Waals surface area contributed by atoms with Crippen LogP contribution in [0.15, 0.2) is 18.3 Å². The maximum Gasteiger partial charge on any atom is 0.256 e. The number of carbonyl (C=O) groups excluding carboxylic acids is 1. The van der Waals surface area contributed by atoms with Crippen molar-refractivity contribution in [2.24, 2.45) is 5.92 Å². The molecule has 1 aliphatic heterocycles. The number of carbonyl (C=O) groups is 1. The van der Waals surface area contributed by atoms with E-state index in [1.165, 1.54) is 19.4 Å². The summed E-state index contributed by atoms with van der Waals surface area (Å²) in [7, 11) is 0. The van der Waals surface area contributed by atoms with Crippen molar-refractivity contribution in [3.63, 3.8) is 0 Å². The molecule has 0 aromatic carbocycles. The van der Waals surface area contributed by atoms with E-state index >= 15 is 0 Å². The third-order valence-electron chi connectivity index (χ3n) is 3.90. The summed E-state index contributed by atoms with van der Waals surface area (Å²) in [5.41, 5.74) is 0.516. The number of piperidine rings is 1. The van der Waals surface area contributed by atoms with Crippen LogP contribution >= 0.6 is 0 Å². The van der Waals surface area contributed by atoms with Crippen LogP contribution in [0.3, 0.4) is 0 Å². The first-order valence-electron chi connectivity index (χ1n) is 7.83. The lowest BCUT2D eigenvalue weighted by Crippen LogP contribution is -2.40. The Morgan fingerprint density at radius 1 is 1.52 bits per heavy atom. The minimum absolute atomic E-state index is 0.0971. The number of nitrogens with zero attached hydrogens (tertiary/aromatic N) is 2. The highest BCUT2D eigenvalue weighted by Crippen LogP contribution is 2.17. The molecule has 5 heteroatoms. The largest absolute Gasteiger partial charge is 0.477 e. The van der Waals surface area contributed by atoms with Crippen molar-refractivity contribution in [1.82, 2.24) is 15.2 Å². The fourth-order valence-corrected chi connectivity index (χ4v) is 2.75. The first-order valence-corrected chi connectivity index (χ1v) is 7.83. The highest BCUT2D eigenvalue weighted by Gasteiger charge is 2.20. The lowest BCUT2D eigenvalue weighted by molar-refractivity contribution is 0.0929. The van der Waals surface area contributed by atoms with Gasteiger partial charge in [0.15, 0.2) is 0 Å². The van der Waals surface area contributed by atoms with Crippen molar-refractivity contribution in [1.29, 1.82) is 0 Å². The third kappa shape index (κ3) is 4.43. The van der Waals surface area contributed by atoms with Crippen molar-refractivity contribution < 1.29 is 9.53 Å². The summed E-state index contributed by atoms with van der Waals surface area (Å²) in [5, 5.41) is 3.03. The van der Waals surface area contributed by atoms with Crippen LogP contribution in [0, 0.1) is 5.92 Å². The van der Waals surface area contributed by atoms with Crippen LogP contribution < -0.4 is 10.1 Å². The van der Waals surface area contributed by atoms with Crippen molar-refractivity contribution in [2.75, 3.05) is 32.8 Å². The van der Waals surface area contributed by atoms with Gasteiger partial charge in [0.2, 0.25) is 5.88 Å². The first-order chi connectivity index (χ1) is 10.2. The molecule has 2 heterocycles. The number of hydrogen-bond donors (Lipinski definition) is 1. The van der Waals surface area contributed by atoms with E-state index in [0.717, 1.165) is 19.6 Å². The number of pyridine rings is 1. The molecule has 116 valence electrons. The summed E-state index contributed by atoms with van der Waals surface area (Å²) in [6.07, 6.45) is 4.04. The van der Waals surface area contributed by atoms with Crippen molar-refractivity contribution in [2.45, 2.75) is 26.7 Å². The van der Waals surface area contributed by atoms with Gasteiger partial charge in [0, 0.05) is 19.3 Å². The third-order valence-corrected chi connectivity index (χ3v) is 3.90. The Bertz CT molecular complexity index is 465. The lowest BCUT2D eigenvalue weighted by Gasteiger charge is -2.31. The molecule has 1 fully saturated rings. The normalized spacial score (nSPS) is 19.2. The second kappa shape index (κ2) is 7.98. The van der Waals surface area contributed by atoms with Crippen molar-refractivity contribution >= 4 is 5.91 Å². The molecule has 0 spiro atoms. The Hall–Kier alpha value is -1.62. The highest BCUT2D eigenvalue weighted by molar-refractivity contribution is 5.96. The van der Waals surface area contributed by atoms with Crippen LogP contribution in [-0.4, -0.2) is 48.6 Å². The molecule has 0 radical (unpaired) electrons. The van der Waals surface area contributed by atoms with Gasteiger partial charge in [-0.15, -0.1) is 0 Å². The molecule has 2 rings (SSSR count). The van der Waals surface area contributed by atoms with Gasteiger partial charge in [0.05, 0.1) is 6.61 Å². The van der Waals surface area contributed by atoms with Gasteiger partial charge < -0.3 is 15.0 Å². The van der Waals surface area contributed by atoms with E-state index in [-0.39, 0.29) is 5.91 Å². The highest BCUT2D eigenvalue weighted by atomic mass is 16.5. The van der Waals surface area contributed by atoms with Gasteiger partial charge in [-0.2, -0.15) is 0 Å². The van der Waals surface area contributed by atoms with E-state index in [1.807, 2.05) is 6.92 Å². The summed E-state index contributed by atoms with van der Waals surface area (Å²) in [5.74, 6) is 0.853. The topological polar surface area (TPSA) is 54.5 Å². The van der Waals surface area contributed by atoms with Crippen LogP contribution in [0.2, 0.25) is 0 Å². The number of likely N-dealkylation sites (tertiary alicyclic amines) is 1. The number of nitrogens with one attached hydrogen (secondary N) is 1. The van der Waals surface area contributed by atoms with Crippen LogP contribution in [0.25, 0.3) is 0 Å². The minimum atomic E-state index is -0.0971. The van der Waals surface area contributed by atoms with E-state index in [0.29, 0.717) is 24.0 Å². The molecule has 0 aliphatic carbocycles. The molecule has 21 heavy (non-hydrogen) atoms. The molecular formula is C16H25N3O2. The number of aromatic nitrogens is 1. The zero-order valence-electron chi connectivity index (χ0n) is 13.0. The molecule has 5 nitrogen and oxygen atoms in total. The maximum atomic E-state index is 12.3. The zero-order chi connectivity index (χ0) is 15.1. The van der Waals surface area contributed by atoms with E-state index in [4.69, 9.17) is 4.74 Å². The standard InChI is InChI=1S/C16H25N3O2/c1-3-19-10-6-7-13(12-19)11-18-15(20)14-8-5-9-17-16(14)21-4-2/h5,8-9,13H,3-4,6-7,10-12H2,1-2H3,(H,18,20)/t13-/m0/s1. The zero-order valence-corrected chi connectivity index (χ0v) is 13.0. The van der Waals surface area contributed by atoms with E-state index in [2.05, 4.69) is 22.1 Å². The van der Waals surface area contributed by atoms with Crippen LogP contribution in [0.1, 0.15) is 37.0 Å². The summed E-state index contributed by atoms with van der Waals surface area (Å²) in [4.78, 5) is 18.8. The molecule has 0 saturated carbocycles. The van der Waals surface area contributed by atoms with Crippen molar-refractivity contribution in [3.8, 4) is 5.88 Å². The Morgan fingerprint density at radius 2 is 2.38 bits per heavy atom. The maximum absolute atomic E-state index is 12.3. The van der Waals surface area contributed by atoms with Crippen LogP contribution in [0.4, 0.5) is 0 Å². The molecular weight excluding hydrogens is 266 g/mol. The lowest BCUT2D eigenvalue weighted by atomic mass is 9.98. The SMILES string of the molecule is CCOc1ncccc1C(=O)NC[C@@H]1CCCN(CC)C1. The van der Waals surface area contributed by atoms with Gasteiger partial charge in [-0.25, -0.2) is 4.98 Å². The molecule has 1 saturated heterocycles. The van der Waals surface area contributed by atoms with Gasteiger partial charge in [0.25, 0.3) is 5.91 Å². The Morgan fingerprint density at radius 3 is 3.14 bits per heavy atom. The predicted octanol–water partition coefficient (Wildman–Crippen LogP) is 1.94. The number of amides is 1. The monoisotopic (exact) mass is 291 g/mol. The predicted molar refractivity (Wildman–Crippen MR) is 82.6 cm³/mol. The number of rotatable bonds is 6. The smallest absolute Gasteiger partial charge is 0.256 e. The van der Waals surface area contributed by atoms with Gasteiger partial charge in [-0.1, -0.05) is 6.92 Å². The van der Waals surface area contributed by atoms with E-state index in [1.54, 1.807) is 18.3 Å². The molecule has 1 amide bonds. The summed E-state index contributed by atoms with van der Waals surface area (Å²) in [6.45, 7) is 8.63. The van der Waals surface area contributed by atoms with Crippen LogP contribution in [-0.2, 0) is 0 Å². The molecule has 0 unspecified atom stereocenters. The second-order valence-electron chi connectivity index (χ2n) is 5.40. The molecule has 1 aliphatic rings. The number of ether oxygens (including phenoxy) is 1. The summed E-state index contributed by atoms with van der Waals surface area (Å²) < 4.78 is 5.40. The quantitative estimate of drug-likeness (QED) is 0.870. The Balaban J connectivity index is 1.90. The molecule has 1 aromatic heterocycles. The fraction of sp³-hybridized carbons (Fsp3) is 0.625. The van der Waals surface area contributed by atoms with Gasteiger partial charge in [-0.3, -0.25) is 4.79 Å².